The molecular weight excluding hydrogens is 403 g/mol. The number of aryl methyl sites for hydroxylation is 1. The van der Waals surface area contributed by atoms with E-state index in [2.05, 4.69) is 5.32 Å². The number of carbonyl (C=O) groups is 2. The van der Waals surface area contributed by atoms with Gasteiger partial charge in [0.15, 0.2) is 0 Å². The maximum Gasteiger partial charge on any atom is 0.416 e. The highest BCUT2D eigenvalue weighted by atomic mass is 19.4. The zero-order chi connectivity index (χ0) is 22.6. The van der Waals surface area contributed by atoms with Crippen LogP contribution in [-0.4, -0.2) is 52.8 Å². The van der Waals surface area contributed by atoms with Crippen molar-refractivity contribution in [2.45, 2.75) is 45.5 Å². The fourth-order valence-electron chi connectivity index (χ4n) is 3.81. The summed E-state index contributed by atoms with van der Waals surface area (Å²) in [4.78, 5) is 26.6. The number of benzene rings is 1. The van der Waals surface area contributed by atoms with E-state index in [-0.39, 0.29) is 18.9 Å². The van der Waals surface area contributed by atoms with Gasteiger partial charge in [-0.1, -0.05) is 19.9 Å². The van der Waals surface area contributed by atoms with E-state index in [1.165, 1.54) is 16.4 Å². The molecule has 2 amide bonds. The average Bonchev–Trinajstić information content (AvgIpc) is 2.69. The number of aliphatic hydroxyl groups is 1. The van der Waals surface area contributed by atoms with Crippen molar-refractivity contribution in [2.75, 3.05) is 19.6 Å². The van der Waals surface area contributed by atoms with Crippen molar-refractivity contribution in [3.05, 3.63) is 34.9 Å². The third-order valence-corrected chi connectivity index (χ3v) is 5.29. The highest BCUT2D eigenvalue weighted by molar-refractivity contribution is 5.89. The Balaban J connectivity index is 2.37. The van der Waals surface area contributed by atoms with Crippen LogP contribution in [0.3, 0.4) is 0 Å². The zero-order valence-electron chi connectivity index (χ0n) is 17.2. The zero-order valence-corrected chi connectivity index (χ0v) is 17.2. The fourth-order valence-corrected chi connectivity index (χ4v) is 3.81. The first kappa shape index (κ1) is 24.1. The Morgan fingerprint density at radius 1 is 1.33 bits per heavy atom. The fraction of sp³-hybridized carbons (Fsp3) is 0.600. The van der Waals surface area contributed by atoms with Gasteiger partial charge in [0.2, 0.25) is 5.91 Å². The Kier molecular flexibility index (Phi) is 7.84. The number of nitrogens with zero attached hydrogens (tertiary/aromatic N) is 1. The lowest BCUT2D eigenvalue weighted by Gasteiger charge is -2.40. The van der Waals surface area contributed by atoms with Crippen LogP contribution in [-0.2, 0) is 15.8 Å². The second kappa shape index (κ2) is 9.76. The molecule has 1 aliphatic heterocycles. The van der Waals surface area contributed by atoms with Crippen LogP contribution >= 0.6 is 0 Å². The number of amides is 2. The van der Waals surface area contributed by atoms with Crippen molar-refractivity contribution >= 4 is 11.8 Å². The van der Waals surface area contributed by atoms with Crippen LogP contribution in [0.15, 0.2) is 18.2 Å². The summed E-state index contributed by atoms with van der Waals surface area (Å²) in [5, 5.41) is 22.3. The summed E-state index contributed by atoms with van der Waals surface area (Å²) in [6, 6.07) is 2.85. The van der Waals surface area contributed by atoms with E-state index in [1.807, 2.05) is 13.8 Å². The summed E-state index contributed by atoms with van der Waals surface area (Å²) < 4.78 is 39.0. The van der Waals surface area contributed by atoms with E-state index in [4.69, 9.17) is 5.21 Å². The number of hydrogen-bond acceptors (Lipinski definition) is 5. The van der Waals surface area contributed by atoms with E-state index in [0.29, 0.717) is 24.2 Å². The molecule has 1 aliphatic rings. The Morgan fingerprint density at radius 3 is 2.53 bits per heavy atom. The van der Waals surface area contributed by atoms with Crippen molar-refractivity contribution < 1.29 is 33.1 Å². The molecule has 0 aromatic heterocycles. The molecule has 1 aromatic rings. The van der Waals surface area contributed by atoms with Gasteiger partial charge in [-0.3, -0.25) is 14.8 Å². The molecular formula is C20H28F3N3O4. The van der Waals surface area contributed by atoms with E-state index in [0.717, 1.165) is 12.1 Å². The molecule has 2 rings (SSSR count). The predicted octanol–water partition coefficient (Wildman–Crippen LogP) is 2.02. The molecule has 1 saturated heterocycles. The molecule has 7 nitrogen and oxygen atoms in total. The number of hydroxylamine groups is 1. The molecule has 0 aliphatic carbocycles. The van der Waals surface area contributed by atoms with Gasteiger partial charge in [0.25, 0.3) is 5.91 Å². The molecule has 0 radical (unpaired) electrons. The lowest BCUT2D eigenvalue weighted by molar-refractivity contribution is -0.153. The minimum atomic E-state index is -4.46. The van der Waals surface area contributed by atoms with Crippen LogP contribution < -0.4 is 10.8 Å². The molecule has 0 bridgehead atoms. The normalized spacial score (nSPS) is 19.5. The predicted molar refractivity (Wildman–Crippen MR) is 102 cm³/mol. The number of halogens is 3. The average molecular weight is 431 g/mol. The molecule has 30 heavy (non-hydrogen) atoms. The SMILES string of the molecule is Cc1cc(C(F)(F)F)ccc1[C@@H]1CNCCN1C(=O)[C@@H](CC(C)C)[C@H](O)C(=O)NO. The molecule has 3 atom stereocenters. The van der Waals surface area contributed by atoms with Crippen LogP contribution in [0, 0.1) is 18.8 Å². The van der Waals surface area contributed by atoms with Crippen LogP contribution in [0.5, 0.6) is 0 Å². The highest BCUT2D eigenvalue weighted by Crippen LogP contribution is 2.34. The number of alkyl halides is 3. The second-order valence-corrected chi connectivity index (χ2v) is 7.98. The van der Waals surface area contributed by atoms with Gasteiger partial charge in [0.1, 0.15) is 6.10 Å². The molecule has 4 N–H and O–H groups in total. The standard InChI is InChI=1S/C20H28F3N3O4/c1-11(2)8-15(17(27)18(28)25-30)19(29)26-7-6-24-10-16(26)14-5-4-13(9-12(14)3)20(21,22)23/h4-5,9,11,15-17,24,27,30H,6-8,10H2,1-3H3,(H,25,28)/t15-,16-,17-/m0/s1. The topological polar surface area (TPSA) is 102 Å². The molecule has 10 heteroatoms. The number of aliphatic hydroxyl groups excluding tert-OH is 1. The highest BCUT2D eigenvalue weighted by Gasteiger charge is 2.39. The number of piperazine rings is 1. The van der Waals surface area contributed by atoms with Crippen molar-refractivity contribution in [1.29, 1.82) is 0 Å². The van der Waals surface area contributed by atoms with Crippen molar-refractivity contribution in [3.63, 3.8) is 0 Å². The van der Waals surface area contributed by atoms with Gasteiger partial charge in [-0.15, -0.1) is 0 Å². The molecule has 1 fully saturated rings. The number of carbonyl (C=O) groups excluding carboxylic acids is 2. The number of rotatable bonds is 6. The van der Waals surface area contributed by atoms with Gasteiger partial charge in [-0.05, 0) is 42.5 Å². The quantitative estimate of drug-likeness (QED) is 0.408. The number of nitrogens with one attached hydrogen (secondary N) is 2. The number of hydrogen-bond donors (Lipinski definition) is 4. The Hall–Kier alpha value is -2.17. The second-order valence-electron chi connectivity index (χ2n) is 7.98. The van der Waals surface area contributed by atoms with Gasteiger partial charge >= 0.3 is 6.18 Å². The van der Waals surface area contributed by atoms with Crippen LogP contribution in [0.4, 0.5) is 13.2 Å². The summed E-state index contributed by atoms with van der Waals surface area (Å²) in [7, 11) is 0. The van der Waals surface area contributed by atoms with Crippen molar-refractivity contribution in [2.24, 2.45) is 11.8 Å². The van der Waals surface area contributed by atoms with Crippen molar-refractivity contribution in [1.82, 2.24) is 15.7 Å². The lowest BCUT2D eigenvalue weighted by Crippen LogP contribution is -2.54. The Bertz CT molecular complexity index is 770. The molecule has 168 valence electrons. The van der Waals surface area contributed by atoms with Gasteiger partial charge in [-0.25, -0.2) is 5.48 Å². The minimum absolute atomic E-state index is 0.0192. The van der Waals surface area contributed by atoms with Gasteiger partial charge in [0.05, 0.1) is 17.5 Å². The largest absolute Gasteiger partial charge is 0.416 e. The van der Waals surface area contributed by atoms with E-state index >= 15 is 0 Å². The summed E-state index contributed by atoms with van der Waals surface area (Å²) >= 11 is 0. The van der Waals surface area contributed by atoms with Crippen LogP contribution in [0.2, 0.25) is 0 Å². The van der Waals surface area contributed by atoms with Gasteiger partial charge in [-0.2, -0.15) is 13.2 Å². The summed E-state index contributed by atoms with van der Waals surface area (Å²) in [6.07, 6.45) is -6.00. The first-order chi connectivity index (χ1) is 14.0. The summed E-state index contributed by atoms with van der Waals surface area (Å²) in [5.74, 6) is -2.67. The van der Waals surface area contributed by atoms with E-state index in [9.17, 15) is 27.9 Å². The third kappa shape index (κ3) is 5.50. The molecule has 0 spiro atoms. The maximum atomic E-state index is 13.3. The van der Waals surface area contributed by atoms with Gasteiger partial charge in [0, 0.05) is 19.6 Å². The Morgan fingerprint density at radius 2 is 2.00 bits per heavy atom. The molecule has 0 unspecified atom stereocenters. The minimum Gasteiger partial charge on any atom is -0.382 e. The monoisotopic (exact) mass is 431 g/mol. The first-order valence-electron chi connectivity index (χ1n) is 9.78. The smallest absolute Gasteiger partial charge is 0.382 e. The third-order valence-electron chi connectivity index (χ3n) is 5.29. The van der Waals surface area contributed by atoms with E-state index < -0.39 is 41.6 Å². The molecule has 0 saturated carbocycles. The Labute approximate surface area is 173 Å². The molecule has 1 heterocycles. The van der Waals surface area contributed by atoms with Crippen molar-refractivity contribution in [3.8, 4) is 0 Å². The summed E-state index contributed by atoms with van der Waals surface area (Å²) in [6.45, 7) is 6.29. The van der Waals surface area contributed by atoms with Crippen LogP contribution in [0.1, 0.15) is 43.0 Å². The molecule has 1 aromatic carbocycles. The lowest BCUT2D eigenvalue weighted by atomic mass is 9.88. The van der Waals surface area contributed by atoms with Gasteiger partial charge < -0.3 is 15.3 Å². The maximum absolute atomic E-state index is 13.3. The van der Waals surface area contributed by atoms with E-state index in [1.54, 1.807) is 6.92 Å². The summed E-state index contributed by atoms with van der Waals surface area (Å²) in [5.41, 5.74) is 1.56. The van der Waals surface area contributed by atoms with Crippen LogP contribution in [0.25, 0.3) is 0 Å². The first-order valence-corrected chi connectivity index (χ1v) is 9.78.